The van der Waals surface area contributed by atoms with Gasteiger partial charge in [0.05, 0.1) is 5.52 Å². The van der Waals surface area contributed by atoms with Gasteiger partial charge in [-0.25, -0.2) is 0 Å². The predicted octanol–water partition coefficient (Wildman–Crippen LogP) is 7.27. The molecule has 0 fully saturated rings. The molecule has 4 aromatic carbocycles. The zero-order chi connectivity index (χ0) is 19.0. The molecule has 0 spiro atoms. The van der Waals surface area contributed by atoms with E-state index in [1.165, 1.54) is 54.8 Å². The molecule has 0 bridgehead atoms. The van der Waals surface area contributed by atoms with Crippen molar-refractivity contribution < 1.29 is 0 Å². The van der Waals surface area contributed by atoms with Crippen molar-refractivity contribution in [2.45, 2.75) is 32.7 Å². The molecule has 0 atom stereocenters. The highest BCUT2D eigenvalue weighted by Crippen LogP contribution is 2.52. The Hall–Kier alpha value is -3.06. The van der Waals surface area contributed by atoms with E-state index < -0.39 is 0 Å². The summed E-state index contributed by atoms with van der Waals surface area (Å²) in [5.41, 5.74) is 8.35. The van der Waals surface area contributed by atoms with E-state index in [0.29, 0.717) is 0 Å². The molecule has 0 N–H and O–H groups in total. The molecule has 1 aliphatic carbocycles. The Labute approximate surface area is 165 Å². The van der Waals surface area contributed by atoms with Gasteiger partial charge in [-0.1, -0.05) is 74.5 Å². The Morgan fingerprint density at radius 2 is 1.50 bits per heavy atom. The standard InChI is InChI=1S/C27H23N/c1-4-28-22-15-8-6-12-19(22)25-23(28)16-17-10-9-14-21-24(17)26(25)18-11-5-7-13-20(18)27(21,2)3/h5-16H,4H2,1-3H3. The van der Waals surface area contributed by atoms with Crippen molar-refractivity contribution in [3.05, 3.63) is 83.9 Å². The van der Waals surface area contributed by atoms with Crippen LogP contribution in [0.15, 0.2) is 72.8 Å². The van der Waals surface area contributed by atoms with Gasteiger partial charge in [0.1, 0.15) is 0 Å². The van der Waals surface area contributed by atoms with Crippen molar-refractivity contribution >= 4 is 32.6 Å². The summed E-state index contributed by atoms with van der Waals surface area (Å²) in [6, 6.07) is 27.1. The molecule has 1 heteroatoms. The molecular formula is C27H23N. The first-order chi connectivity index (χ1) is 13.6. The van der Waals surface area contributed by atoms with E-state index >= 15 is 0 Å². The van der Waals surface area contributed by atoms with Crippen molar-refractivity contribution in [1.82, 2.24) is 4.57 Å². The number of hydrogen-bond acceptors (Lipinski definition) is 0. The molecule has 0 radical (unpaired) electrons. The molecule has 1 aliphatic rings. The second-order valence-electron chi connectivity index (χ2n) is 8.48. The maximum absolute atomic E-state index is 2.47. The van der Waals surface area contributed by atoms with Gasteiger partial charge in [0.2, 0.25) is 0 Å². The van der Waals surface area contributed by atoms with Crippen LogP contribution in [0.1, 0.15) is 31.9 Å². The lowest BCUT2D eigenvalue weighted by molar-refractivity contribution is 0.645. The molecule has 0 saturated heterocycles. The summed E-state index contributed by atoms with van der Waals surface area (Å²) in [6.07, 6.45) is 0. The van der Waals surface area contributed by atoms with Crippen molar-refractivity contribution in [2.75, 3.05) is 0 Å². The van der Waals surface area contributed by atoms with Gasteiger partial charge in [-0.05, 0) is 46.5 Å². The summed E-state index contributed by atoms with van der Waals surface area (Å²) in [5, 5.41) is 5.54. The Morgan fingerprint density at radius 3 is 2.36 bits per heavy atom. The van der Waals surface area contributed by atoms with Gasteiger partial charge in [-0.2, -0.15) is 0 Å². The van der Waals surface area contributed by atoms with Gasteiger partial charge in [-0.3, -0.25) is 0 Å². The smallest absolute Gasteiger partial charge is 0.0504 e. The number of aromatic nitrogens is 1. The van der Waals surface area contributed by atoms with Crippen molar-refractivity contribution in [1.29, 1.82) is 0 Å². The van der Waals surface area contributed by atoms with Gasteiger partial charge >= 0.3 is 0 Å². The lowest BCUT2D eigenvalue weighted by Crippen LogP contribution is -2.23. The maximum atomic E-state index is 2.47. The van der Waals surface area contributed by atoms with E-state index in [1.807, 2.05) is 0 Å². The average molecular weight is 361 g/mol. The number of nitrogens with zero attached hydrogens (tertiary/aromatic N) is 1. The average Bonchev–Trinajstić information content (AvgIpc) is 3.04. The van der Waals surface area contributed by atoms with E-state index in [4.69, 9.17) is 0 Å². The quantitative estimate of drug-likeness (QED) is 0.296. The first-order valence-corrected chi connectivity index (χ1v) is 10.2. The SMILES string of the molecule is CCn1c2ccccc2c2c3c4c(cccc4cc21)C(C)(C)c1ccccc1-3. The van der Waals surface area contributed by atoms with Crippen molar-refractivity contribution in [3.63, 3.8) is 0 Å². The fraction of sp³-hybridized carbons (Fsp3) is 0.185. The van der Waals surface area contributed by atoms with Gasteiger partial charge in [-0.15, -0.1) is 0 Å². The molecule has 136 valence electrons. The molecule has 0 unspecified atom stereocenters. The summed E-state index contributed by atoms with van der Waals surface area (Å²) in [6.45, 7) is 7.95. The third-order valence-electron chi connectivity index (χ3n) is 6.76. The second-order valence-corrected chi connectivity index (χ2v) is 8.48. The molecule has 0 saturated carbocycles. The Kier molecular flexibility index (Phi) is 3.00. The lowest BCUT2D eigenvalue weighted by atomic mass is 9.68. The number of rotatable bonds is 1. The molecule has 28 heavy (non-hydrogen) atoms. The molecule has 0 amide bonds. The lowest BCUT2D eigenvalue weighted by Gasteiger charge is -2.35. The Morgan fingerprint density at radius 1 is 0.750 bits per heavy atom. The van der Waals surface area contributed by atoms with Crippen LogP contribution in [-0.2, 0) is 12.0 Å². The van der Waals surface area contributed by atoms with E-state index in [9.17, 15) is 0 Å². The topological polar surface area (TPSA) is 4.93 Å². The Bertz CT molecular complexity index is 1420. The number of hydrogen-bond donors (Lipinski definition) is 0. The monoisotopic (exact) mass is 361 g/mol. The van der Waals surface area contributed by atoms with Crippen LogP contribution in [0.4, 0.5) is 0 Å². The zero-order valence-electron chi connectivity index (χ0n) is 16.6. The number of aryl methyl sites for hydroxylation is 1. The first kappa shape index (κ1) is 15.9. The van der Waals surface area contributed by atoms with Gasteiger partial charge < -0.3 is 4.57 Å². The van der Waals surface area contributed by atoms with Crippen LogP contribution >= 0.6 is 0 Å². The van der Waals surface area contributed by atoms with Gasteiger partial charge in [0.25, 0.3) is 0 Å². The van der Waals surface area contributed by atoms with Crippen molar-refractivity contribution in [3.8, 4) is 11.1 Å². The summed E-state index contributed by atoms with van der Waals surface area (Å²) < 4.78 is 2.47. The van der Waals surface area contributed by atoms with Crippen LogP contribution in [0, 0.1) is 0 Å². The minimum absolute atomic E-state index is 0.0000937. The van der Waals surface area contributed by atoms with Gasteiger partial charge in [0, 0.05) is 33.8 Å². The maximum Gasteiger partial charge on any atom is 0.0504 e. The molecule has 1 nitrogen and oxygen atoms in total. The highest BCUT2D eigenvalue weighted by atomic mass is 15.0. The summed E-state index contributed by atoms with van der Waals surface area (Å²) >= 11 is 0. The van der Waals surface area contributed by atoms with Crippen LogP contribution in [0.5, 0.6) is 0 Å². The molecular weight excluding hydrogens is 338 g/mol. The van der Waals surface area contributed by atoms with Crippen LogP contribution < -0.4 is 0 Å². The van der Waals surface area contributed by atoms with Gasteiger partial charge in [0.15, 0.2) is 0 Å². The number of benzene rings is 4. The van der Waals surface area contributed by atoms with Crippen LogP contribution in [0.3, 0.4) is 0 Å². The fourth-order valence-electron chi connectivity index (χ4n) is 5.50. The summed E-state index contributed by atoms with van der Waals surface area (Å²) in [5.74, 6) is 0. The van der Waals surface area contributed by atoms with Crippen LogP contribution in [0.2, 0.25) is 0 Å². The first-order valence-electron chi connectivity index (χ1n) is 10.2. The normalized spacial score (nSPS) is 14.7. The zero-order valence-corrected chi connectivity index (χ0v) is 16.6. The van der Waals surface area contributed by atoms with E-state index in [0.717, 1.165) is 6.54 Å². The highest BCUT2D eigenvalue weighted by Gasteiger charge is 2.34. The summed E-state index contributed by atoms with van der Waals surface area (Å²) in [7, 11) is 0. The molecule has 1 aromatic heterocycles. The van der Waals surface area contributed by atoms with E-state index in [2.05, 4.69) is 98.1 Å². The van der Waals surface area contributed by atoms with Crippen molar-refractivity contribution in [2.24, 2.45) is 0 Å². The van der Waals surface area contributed by atoms with Crippen LogP contribution in [0.25, 0.3) is 43.7 Å². The number of fused-ring (bicyclic) bond motifs is 6. The van der Waals surface area contributed by atoms with E-state index in [-0.39, 0.29) is 5.41 Å². The minimum atomic E-state index is -0.0000937. The highest BCUT2D eigenvalue weighted by molar-refractivity contribution is 6.24. The third kappa shape index (κ3) is 1.77. The molecule has 0 aliphatic heterocycles. The number of para-hydroxylation sites is 1. The largest absolute Gasteiger partial charge is 0.341 e. The predicted molar refractivity (Wildman–Crippen MR) is 120 cm³/mol. The second kappa shape index (κ2) is 5.26. The van der Waals surface area contributed by atoms with Crippen LogP contribution in [-0.4, -0.2) is 4.57 Å². The summed E-state index contributed by atoms with van der Waals surface area (Å²) in [4.78, 5) is 0. The fourth-order valence-corrected chi connectivity index (χ4v) is 5.50. The minimum Gasteiger partial charge on any atom is -0.341 e. The molecule has 5 aromatic rings. The molecule has 1 heterocycles. The third-order valence-corrected chi connectivity index (χ3v) is 6.76. The molecule has 6 rings (SSSR count). The Balaban J connectivity index is 1.99. The van der Waals surface area contributed by atoms with E-state index in [1.54, 1.807) is 0 Å².